The van der Waals surface area contributed by atoms with Gasteiger partial charge in [0.2, 0.25) is 11.8 Å². The number of hydrogen-bond acceptors (Lipinski definition) is 6. The zero-order chi connectivity index (χ0) is 30.3. The Labute approximate surface area is 250 Å². The number of carbonyl (C=O) groups is 2. The minimum atomic E-state index is -2.89. The van der Waals surface area contributed by atoms with Crippen molar-refractivity contribution in [2.24, 2.45) is 0 Å². The van der Waals surface area contributed by atoms with E-state index in [1.807, 2.05) is 12.1 Å². The van der Waals surface area contributed by atoms with Crippen LogP contribution in [-0.4, -0.2) is 45.3 Å². The summed E-state index contributed by atoms with van der Waals surface area (Å²) < 4.78 is 42.0. The van der Waals surface area contributed by atoms with E-state index in [2.05, 4.69) is 10.3 Å². The molecule has 0 bridgehead atoms. The van der Waals surface area contributed by atoms with Gasteiger partial charge in [0.25, 0.3) is 5.92 Å². The number of nitrogens with one attached hydrogen (secondary N) is 1. The van der Waals surface area contributed by atoms with Crippen LogP contribution < -0.4 is 15.2 Å². The molecule has 2 N–H and O–H groups in total. The van der Waals surface area contributed by atoms with Gasteiger partial charge in [-0.2, -0.15) is 0 Å². The molecule has 2 aliphatic rings. The number of carbonyl (C=O) groups excluding carboxylic acids is 2. The average Bonchev–Trinajstić information content (AvgIpc) is 3.35. The van der Waals surface area contributed by atoms with E-state index in [0.29, 0.717) is 16.4 Å². The predicted octanol–water partition coefficient (Wildman–Crippen LogP) is 6.25. The molecule has 3 aromatic carbocycles. The largest absolute Gasteiger partial charge is 0.351 e. The summed E-state index contributed by atoms with van der Waals surface area (Å²) in [4.78, 5) is 33.1. The second-order valence-corrected chi connectivity index (χ2v) is 11.1. The Kier molecular flexibility index (Phi) is 7.72. The minimum Gasteiger partial charge on any atom is -0.351 e. The molecule has 1 aromatic heterocycles. The van der Waals surface area contributed by atoms with Gasteiger partial charge >= 0.3 is 0 Å². The van der Waals surface area contributed by atoms with Gasteiger partial charge in [0, 0.05) is 47.5 Å². The Morgan fingerprint density at radius 3 is 2.56 bits per heavy atom. The van der Waals surface area contributed by atoms with Crippen molar-refractivity contribution < 1.29 is 28.0 Å². The third-order valence-corrected chi connectivity index (χ3v) is 8.10. The van der Waals surface area contributed by atoms with Crippen molar-refractivity contribution in [3.05, 3.63) is 101 Å². The van der Waals surface area contributed by atoms with Gasteiger partial charge in [-0.15, -0.1) is 0 Å². The van der Waals surface area contributed by atoms with Gasteiger partial charge in [-0.1, -0.05) is 65.3 Å². The maximum atomic E-state index is 14.6. The maximum absolute atomic E-state index is 14.6. The number of aromatic nitrogens is 1. The highest BCUT2D eigenvalue weighted by Gasteiger charge is 2.48. The smallest absolute Gasteiger partial charge is 0.252 e. The van der Waals surface area contributed by atoms with E-state index in [1.165, 1.54) is 23.1 Å². The van der Waals surface area contributed by atoms with Crippen LogP contribution in [0.2, 0.25) is 5.02 Å². The lowest BCUT2D eigenvalue weighted by Gasteiger charge is -2.43. The monoisotopic (exact) mass is 609 g/mol. The molecule has 1 saturated carbocycles. The molecule has 1 aliphatic carbocycles. The van der Waals surface area contributed by atoms with Crippen LogP contribution in [0, 0.1) is 5.82 Å². The van der Waals surface area contributed by atoms with Crippen molar-refractivity contribution in [3.63, 3.8) is 0 Å². The number of halogens is 4. The van der Waals surface area contributed by atoms with Crippen molar-refractivity contribution >= 4 is 45.7 Å². The molecule has 0 spiro atoms. The standard InChI is InChI=1S/C31H27ClF3N5O3/c32-25-11-4-3-10-24(25)28(30(42)37-21-17-31(34,35)18-21)39(22-8-5-7-20(33)16-22)40(43)26-12-13-27(41)38(26)29-23-9-2-1-6-19(23)14-15-36-29/h1-11,14-16,21,26,28,43H,12-13,17-18H2,(H,37,42)/t26-,28+/m1/s1. The molecule has 0 radical (unpaired) electrons. The Morgan fingerprint density at radius 1 is 1.07 bits per heavy atom. The van der Waals surface area contributed by atoms with E-state index >= 15 is 0 Å². The molecule has 1 saturated heterocycles. The highest BCUT2D eigenvalue weighted by atomic mass is 35.5. The second-order valence-electron chi connectivity index (χ2n) is 10.7. The maximum Gasteiger partial charge on any atom is 0.252 e. The first-order chi connectivity index (χ1) is 20.6. The van der Waals surface area contributed by atoms with Gasteiger partial charge in [0.05, 0.1) is 5.69 Å². The van der Waals surface area contributed by atoms with E-state index in [4.69, 9.17) is 11.6 Å². The normalized spacial score (nSPS) is 19.0. The fraction of sp³-hybridized carbons (Fsp3) is 0.258. The first-order valence-corrected chi connectivity index (χ1v) is 14.1. The minimum absolute atomic E-state index is 0.0593. The van der Waals surface area contributed by atoms with Crippen LogP contribution in [0.4, 0.5) is 24.7 Å². The fourth-order valence-corrected chi connectivity index (χ4v) is 5.95. The summed E-state index contributed by atoms with van der Waals surface area (Å²) in [7, 11) is 0. The number of amides is 2. The summed E-state index contributed by atoms with van der Waals surface area (Å²) in [5, 5.41) is 18.1. The number of fused-ring (bicyclic) bond motifs is 1. The molecular formula is C31H27ClF3N5O3. The molecule has 2 amide bonds. The van der Waals surface area contributed by atoms with E-state index in [1.54, 1.807) is 48.7 Å². The highest BCUT2D eigenvalue weighted by Crippen LogP contribution is 2.40. The molecule has 2 heterocycles. The lowest BCUT2D eigenvalue weighted by atomic mass is 9.88. The second kappa shape index (κ2) is 11.5. The van der Waals surface area contributed by atoms with Crippen LogP contribution in [0.1, 0.15) is 37.3 Å². The number of rotatable bonds is 8. The first kappa shape index (κ1) is 28.9. The Bertz CT molecular complexity index is 1680. The average molecular weight is 610 g/mol. The number of benzene rings is 3. The summed E-state index contributed by atoms with van der Waals surface area (Å²) >= 11 is 6.56. The molecule has 8 nitrogen and oxygen atoms in total. The molecule has 12 heteroatoms. The Hall–Kier alpha value is -4.19. The lowest BCUT2D eigenvalue weighted by Crippen LogP contribution is -2.59. The number of hydrogen-bond donors (Lipinski definition) is 2. The van der Waals surface area contributed by atoms with E-state index in [0.717, 1.165) is 16.5 Å². The number of alkyl halides is 2. The number of hydrazine groups is 1. The Morgan fingerprint density at radius 2 is 1.81 bits per heavy atom. The molecule has 4 aromatic rings. The van der Waals surface area contributed by atoms with Crippen molar-refractivity contribution in [2.45, 2.75) is 49.9 Å². The van der Waals surface area contributed by atoms with E-state index in [9.17, 15) is 28.0 Å². The van der Waals surface area contributed by atoms with Crippen LogP contribution in [0.3, 0.4) is 0 Å². The molecule has 6 rings (SSSR count). The van der Waals surface area contributed by atoms with Crippen LogP contribution in [0.25, 0.3) is 10.8 Å². The third kappa shape index (κ3) is 5.63. The van der Waals surface area contributed by atoms with Gasteiger partial charge in [-0.3, -0.25) is 24.7 Å². The molecule has 0 unspecified atom stereocenters. The molecular weight excluding hydrogens is 583 g/mol. The van der Waals surface area contributed by atoms with Gasteiger partial charge < -0.3 is 5.32 Å². The summed E-state index contributed by atoms with van der Waals surface area (Å²) in [6, 6.07) is 18.5. The van der Waals surface area contributed by atoms with Gasteiger partial charge in [0.15, 0.2) is 6.04 Å². The van der Waals surface area contributed by atoms with E-state index < -0.39 is 48.7 Å². The number of pyridine rings is 1. The number of hydroxylamine groups is 1. The summed E-state index contributed by atoms with van der Waals surface area (Å²) in [5.41, 5.74) is 0.293. The van der Waals surface area contributed by atoms with Gasteiger partial charge in [-0.05, 0) is 42.1 Å². The third-order valence-electron chi connectivity index (χ3n) is 7.75. The topological polar surface area (TPSA) is 89.0 Å². The number of anilines is 2. The molecule has 2 atom stereocenters. The van der Waals surface area contributed by atoms with Crippen molar-refractivity contribution in [1.82, 2.24) is 15.5 Å². The highest BCUT2D eigenvalue weighted by molar-refractivity contribution is 6.31. The zero-order valence-corrected chi connectivity index (χ0v) is 23.5. The predicted molar refractivity (Wildman–Crippen MR) is 155 cm³/mol. The molecule has 1 aliphatic heterocycles. The van der Waals surface area contributed by atoms with E-state index in [-0.39, 0.29) is 35.0 Å². The van der Waals surface area contributed by atoms with Crippen molar-refractivity contribution in [3.8, 4) is 0 Å². The molecule has 2 fully saturated rings. The van der Waals surface area contributed by atoms with Crippen LogP contribution in [0.5, 0.6) is 0 Å². The quantitative estimate of drug-likeness (QED) is 0.230. The summed E-state index contributed by atoms with van der Waals surface area (Å²) in [6.45, 7) is 0. The van der Waals surface area contributed by atoms with Crippen LogP contribution >= 0.6 is 11.6 Å². The zero-order valence-electron chi connectivity index (χ0n) is 22.7. The fourth-order valence-electron chi connectivity index (χ4n) is 5.71. The van der Waals surface area contributed by atoms with Gasteiger partial charge in [0.1, 0.15) is 17.8 Å². The van der Waals surface area contributed by atoms with Crippen molar-refractivity contribution in [1.29, 1.82) is 0 Å². The SMILES string of the molecule is O=C(NC1CC(F)(F)C1)[C@H](c1ccccc1Cl)N(c1cccc(F)c1)N(O)[C@@H]1CCC(=O)N1c1nccc2ccccc12. The first-order valence-electron chi connectivity index (χ1n) is 13.7. The lowest BCUT2D eigenvalue weighted by molar-refractivity contribution is -0.153. The molecule has 43 heavy (non-hydrogen) atoms. The van der Waals surface area contributed by atoms with Crippen molar-refractivity contribution in [2.75, 3.05) is 9.91 Å². The van der Waals surface area contributed by atoms with Crippen LogP contribution in [-0.2, 0) is 9.59 Å². The summed E-state index contributed by atoms with van der Waals surface area (Å²) in [6.07, 6.45) is -0.384. The number of nitrogens with zero attached hydrogens (tertiary/aromatic N) is 4. The molecule has 222 valence electrons. The van der Waals surface area contributed by atoms with Gasteiger partial charge in [-0.25, -0.2) is 18.2 Å². The Balaban J connectivity index is 1.46. The summed E-state index contributed by atoms with van der Waals surface area (Å²) in [5.74, 6) is -4.29. The van der Waals surface area contributed by atoms with Crippen LogP contribution in [0.15, 0.2) is 85.1 Å².